The molecule has 2 heterocycles. The van der Waals surface area contributed by atoms with Crippen LogP contribution in [0.5, 0.6) is 11.5 Å². The van der Waals surface area contributed by atoms with Gasteiger partial charge in [0.25, 0.3) is 11.8 Å². The number of likely N-dealkylation sites (tertiary alicyclic amines) is 1. The van der Waals surface area contributed by atoms with E-state index in [4.69, 9.17) is 9.47 Å². The maximum absolute atomic E-state index is 13.0. The summed E-state index contributed by atoms with van der Waals surface area (Å²) in [5.41, 5.74) is 2.17. The van der Waals surface area contributed by atoms with Crippen LogP contribution in [0.15, 0.2) is 42.5 Å². The Kier molecular flexibility index (Phi) is 7.05. The van der Waals surface area contributed by atoms with Gasteiger partial charge in [0, 0.05) is 30.3 Å². The van der Waals surface area contributed by atoms with Crippen LogP contribution in [-0.2, 0) is 4.79 Å². The van der Waals surface area contributed by atoms with Crippen LogP contribution in [-0.4, -0.2) is 54.6 Å². The van der Waals surface area contributed by atoms with Crippen LogP contribution >= 0.6 is 0 Å². The van der Waals surface area contributed by atoms with Crippen molar-refractivity contribution in [3.05, 3.63) is 59.2 Å². The van der Waals surface area contributed by atoms with E-state index in [2.05, 4.69) is 10.6 Å². The molecule has 4 rings (SSSR count). The van der Waals surface area contributed by atoms with E-state index in [1.165, 1.54) is 0 Å². The van der Waals surface area contributed by atoms with Gasteiger partial charge >= 0.3 is 0 Å². The van der Waals surface area contributed by atoms with Crippen LogP contribution in [0.25, 0.3) is 0 Å². The quantitative estimate of drug-likeness (QED) is 0.684. The molecular weight excluding hydrogens is 434 g/mol. The van der Waals surface area contributed by atoms with Crippen LogP contribution in [0.4, 0.5) is 0 Å². The number of piperidine rings is 1. The van der Waals surface area contributed by atoms with Crippen LogP contribution < -0.4 is 20.1 Å². The molecule has 0 aromatic heterocycles. The normalized spacial score (nSPS) is 16.3. The first kappa shape index (κ1) is 23.6. The van der Waals surface area contributed by atoms with Gasteiger partial charge < -0.3 is 25.0 Å². The monoisotopic (exact) mass is 465 g/mol. The first-order chi connectivity index (χ1) is 16.3. The Balaban J connectivity index is 1.44. The highest BCUT2D eigenvalue weighted by atomic mass is 16.7. The van der Waals surface area contributed by atoms with Crippen molar-refractivity contribution in [3.8, 4) is 11.5 Å². The topological polar surface area (TPSA) is 97.0 Å². The Bertz CT molecular complexity index is 1060. The zero-order valence-corrected chi connectivity index (χ0v) is 19.8. The Morgan fingerprint density at radius 2 is 1.56 bits per heavy atom. The van der Waals surface area contributed by atoms with Gasteiger partial charge in [-0.3, -0.25) is 14.4 Å². The second-order valence-electron chi connectivity index (χ2n) is 9.18. The SMILES string of the molecule is Cc1ccc(C(=O)N2CCC([C@H](NC(=O)c3ccc4c(c3)OCO4)C(=O)NC(C)C)CC2)cc1. The lowest BCUT2D eigenvalue weighted by atomic mass is 9.88. The third-order valence-corrected chi connectivity index (χ3v) is 6.23. The average molecular weight is 466 g/mol. The summed E-state index contributed by atoms with van der Waals surface area (Å²) >= 11 is 0. The number of nitrogens with zero attached hydrogens (tertiary/aromatic N) is 1. The molecule has 2 aliphatic heterocycles. The second-order valence-corrected chi connectivity index (χ2v) is 9.18. The summed E-state index contributed by atoms with van der Waals surface area (Å²) in [5.74, 6) is 0.451. The van der Waals surface area contributed by atoms with E-state index in [-0.39, 0.29) is 36.5 Å². The highest BCUT2D eigenvalue weighted by Crippen LogP contribution is 2.32. The third-order valence-electron chi connectivity index (χ3n) is 6.23. The summed E-state index contributed by atoms with van der Waals surface area (Å²) in [6.07, 6.45) is 1.24. The number of carbonyl (C=O) groups is 3. The highest BCUT2D eigenvalue weighted by Gasteiger charge is 2.34. The summed E-state index contributed by atoms with van der Waals surface area (Å²) < 4.78 is 10.7. The lowest BCUT2D eigenvalue weighted by Crippen LogP contribution is -2.54. The van der Waals surface area contributed by atoms with E-state index < -0.39 is 6.04 Å². The lowest BCUT2D eigenvalue weighted by molar-refractivity contribution is -0.125. The van der Waals surface area contributed by atoms with Crippen molar-refractivity contribution in [1.29, 1.82) is 0 Å². The molecule has 2 N–H and O–H groups in total. The van der Waals surface area contributed by atoms with Crippen LogP contribution in [0.3, 0.4) is 0 Å². The van der Waals surface area contributed by atoms with Crippen molar-refractivity contribution in [2.24, 2.45) is 5.92 Å². The van der Waals surface area contributed by atoms with Crippen molar-refractivity contribution in [2.45, 2.75) is 45.7 Å². The Morgan fingerprint density at radius 1 is 0.912 bits per heavy atom. The number of nitrogens with one attached hydrogen (secondary N) is 2. The Hall–Kier alpha value is -3.55. The predicted octanol–water partition coefficient (Wildman–Crippen LogP) is 2.90. The van der Waals surface area contributed by atoms with E-state index in [0.29, 0.717) is 48.6 Å². The number of benzene rings is 2. The van der Waals surface area contributed by atoms with Gasteiger partial charge in [-0.15, -0.1) is 0 Å². The molecular formula is C26H31N3O5. The van der Waals surface area contributed by atoms with Gasteiger partial charge in [0.05, 0.1) is 0 Å². The molecule has 180 valence electrons. The molecule has 0 spiro atoms. The van der Waals surface area contributed by atoms with Gasteiger partial charge in [0.1, 0.15) is 6.04 Å². The van der Waals surface area contributed by atoms with E-state index in [1.54, 1.807) is 18.2 Å². The molecule has 0 bridgehead atoms. The summed E-state index contributed by atoms with van der Waals surface area (Å²) in [5, 5.41) is 5.86. The van der Waals surface area contributed by atoms with Crippen LogP contribution in [0.2, 0.25) is 0 Å². The molecule has 34 heavy (non-hydrogen) atoms. The molecule has 0 unspecified atom stereocenters. The number of carbonyl (C=O) groups excluding carboxylic acids is 3. The number of amides is 3. The number of aryl methyl sites for hydroxylation is 1. The average Bonchev–Trinajstić information content (AvgIpc) is 3.30. The van der Waals surface area contributed by atoms with Crippen molar-refractivity contribution < 1.29 is 23.9 Å². The number of hydrogen-bond donors (Lipinski definition) is 2. The van der Waals surface area contributed by atoms with Crippen molar-refractivity contribution in [2.75, 3.05) is 19.9 Å². The molecule has 1 fully saturated rings. The number of fused-ring (bicyclic) bond motifs is 1. The minimum Gasteiger partial charge on any atom is -0.454 e. The minimum atomic E-state index is -0.697. The predicted molar refractivity (Wildman–Crippen MR) is 127 cm³/mol. The molecule has 3 amide bonds. The first-order valence-corrected chi connectivity index (χ1v) is 11.7. The van der Waals surface area contributed by atoms with Gasteiger partial charge in [0.2, 0.25) is 12.7 Å². The smallest absolute Gasteiger partial charge is 0.253 e. The maximum atomic E-state index is 13.0. The number of rotatable bonds is 6. The minimum absolute atomic E-state index is 0.00831. The molecule has 2 aromatic carbocycles. The van der Waals surface area contributed by atoms with Gasteiger partial charge in [-0.2, -0.15) is 0 Å². The second kappa shape index (κ2) is 10.2. The van der Waals surface area contributed by atoms with Crippen LogP contribution in [0.1, 0.15) is 53.0 Å². The summed E-state index contributed by atoms with van der Waals surface area (Å²) in [6, 6.07) is 11.8. The zero-order chi connectivity index (χ0) is 24.2. The highest BCUT2D eigenvalue weighted by molar-refractivity contribution is 5.98. The maximum Gasteiger partial charge on any atom is 0.253 e. The first-order valence-electron chi connectivity index (χ1n) is 11.7. The summed E-state index contributed by atoms with van der Waals surface area (Å²) in [6.45, 7) is 6.94. The van der Waals surface area contributed by atoms with E-state index in [0.717, 1.165) is 5.56 Å². The molecule has 2 aromatic rings. The molecule has 0 aliphatic carbocycles. The molecule has 2 aliphatic rings. The lowest BCUT2D eigenvalue weighted by Gasteiger charge is -2.36. The molecule has 1 saturated heterocycles. The zero-order valence-electron chi connectivity index (χ0n) is 19.8. The number of hydrogen-bond acceptors (Lipinski definition) is 5. The molecule has 0 radical (unpaired) electrons. The largest absolute Gasteiger partial charge is 0.454 e. The fourth-order valence-corrected chi connectivity index (χ4v) is 4.35. The van der Waals surface area contributed by atoms with Gasteiger partial charge in [0.15, 0.2) is 11.5 Å². The van der Waals surface area contributed by atoms with Gasteiger partial charge in [-0.05, 0) is 69.9 Å². The van der Waals surface area contributed by atoms with Crippen molar-refractivity contribution in [3.63, 3.8) is 0 Å². The molecule has 0 saturated carbocycles. The third kappa shape index (κ3) is 5.32. The molecule has 8 nitrogen and oxygen atoms in total. The van der Waals surface area contributed by atoms with Gasteiger partial charge in [-0.25, -0.2) is 0 Å². The Morgan fingerprint density at radius 3 is 2.24 bits per heavy atom. The Labute approximate surface area is 199 Å². The molecule has 8 heteroatoms. The number of ether oxygens (including phenoxy) is 2. The van der Waals surface area contributed by atoms with Crippen molar-refractivity contribution in [1.82, 2.24) is 15.5 Å². The summed E-state index contributed by atoms with van der Waals surface area (Å²) in [4.78, 5) is 40.7. The van der Waals surface area contributed by atoms with E-state index in [9.17, 15) is 14.4 Å². The van der Waals surface area contributed by atoms with Gasteiger partial charge in [-0.1, -0.05) is 17.7 Å². The van der Waals surface area contributed by atoms with E-state index >= 15 is 0 Å². The van der Waals surface area contributed by atoms with E-state index in [1.807, 2.05) is 49.9 Å². The van der Waals surface area contributed by atoms with Crippen LogP contribution in [0, 0.1) is 12.8 Å². The summed E-state index contributed by atoms with van der Waals surface area (Å²) in [7, 11) is 0. The standard InChI is InChI=1S/C26H31N3O5/c1-16(2)27-25(31)23(28-24(30)20-8-9-21-22(14-20)34-15-33-21)18-10-12-29(13-11-18)26(32)19-6-4-17(3)5-7-19/h4-9,14,16,18,23H,10-13,15H2,1-3H3,(H,27,31)(H,28,30)/t23-/m0/s1. The fraction of sp³-hybridized carbons (Fsp3) is 0.423. The fourth-order valence-electron chi connectivity index (χ4n) is 4.35. The van der Waals surface area contributed by atoms with Crippen molar-refractivity contribution >= 4 is 17.7 Å². The molecule has 1 atom stereocenters.